The van der Waals surface area contributed by atoms with E-state index in [0.717, 1.165) is 22.3 Å². The number of hydrogen-bond donors (Lipinski definition) is 0. The third-order valence-electron chi connectivity index (χ3n) is 6.04. The summed E-state index contributed by atoms with van der Waals surface area (Å²) in [5.41, 5.74) is 3.56. The van der Waals surface area contributed by atoms with Gasteiger partial charge in [-0.1, -0.05) is 48.5 Å². The van der Waals surface area contributed by atoms with E-state index in [1.54, 1.807) is 0 Å². The molecule has 1 spiro atoms. The quantitative estimate of drug-likeness (QED) is 0.754. The molecule has 2 aromatic carbocycles. The van der Waals surface area contributed by atoms with E-state index in [1.807, 2.05) is 55.5 Å². The van der Waals surface area contributed by atoms with Crippen LogP contribution in [-0.4, -0.2) is 25.7 Å². The topological polar surface area (TPSA) is 52.6 Å². The average Bonchev–Trinajstić information content (AvgIpc) is 3.00. The standard InChI is InChI=1S/C21H16O4/c1-20-12-7-3-5-9-14(12)21(15-10-6-4-8-13(15)20)11-25-19(23)17(21)16(20)18(22)24-2/h3-10H,11H2,1-2H3. The zero-order valence-corrected chi connectivity index (χ0v) is 14.0. The fraction of sp³-hybridized carbons (Fsp3) is 0.238. The first-order valence-corrected chi connectivity index (χ1v) is 8.27. The molecule has 0 atom stereocenters. The highest BCUT2D eigenvalue weighted by Crippen LogP contribution is 2.63. The summed E-state index contributed by atoms with van der Waals surface area (Å²) in [7, 11) is 1.35. The number of cyclic esters (lactones) is 1. The Morgan fingerprint density at radius 1 is 1.00 bits per heavy atom. The molecule has 4 heteroatoms. The largest absolute Gasteiger partial charge is 0.466 e. The Balaban J connectivity index is 2.03. The number of benzene rings is 2. The summed E-state index contributed by atoms with van der Waals surface area (Å²) in [5.74, 6) is -0.889. The fourth-order valence-electron chi connectivity index (χ4n) is 5.03. The SMILES string of the molecule is COC(=O)C1=C2C(=O)OCC23c2ccccc2C1(C)c1ccccc13. The van der Waals surface area contributed by atoms with E-state index in [4.69, 9.17) is 9.47 Å². The van der Waals surface area contributed by atoms with Gasteiger partial charge in [0.25, 0.3) is 0 Å². The van der Waals surface area contributed by atoms with Crippen LogP contribution in [-0.2, 0) is 29.9 Å². The van der Waals surface area contributed by atoms with Crippen LogP contribution in [0.4, 0.5) is 0 Å². The fourth-order valence-corrected chi connectivity index (χ4v) is 5.03. The zero-order chi connectivity index (χ0) is 17.4. The van der Waals surface area contributed by atoms with E-state index >= 15 is 0 Å². The van der Waals surface area contributed by atoms with Crippen molar-refractivity contribution in [3.8, 4) is 0 Å². The maximum absolute atomic E-state index is 12.8. The Morgan fingerprint density at radius 2 is 1.52 bits per heavy atom. The van der Waals surface area contributed by atoms with Crippen molar-refractivity contribution >= 4 is 11.9 Å². The van der Waals surface area contributed by atoms with Crippen molar-refractivity contribution in [2.45, 2.75) is 17.8 Å². The van der Waals surface area contributed by atoms with Gasteiger partial charge in [-0.25, -0.2) is 9.59 Å². The summed E-state index contributed by atoms with van der Waals surface area (Å²) < 4.78 is 10.6. The lowest BCUT2D eigenvalue weighted by Crippen LogP contribution is -2.51. The molecule has 6 rings (SSSR count). The van der Waals surface area contributed by atoms with Crippen molar-refractivity contribution in [3.63, 3.8) is 0 Å². The Morgan fingerprint density at radius 3 is 2.04 bits per heavy atom. The first-order chi connectivity index (χ1) is 12.1. The second kappa shape index (κ2) is 4.39. The van der Waals surface area contributed by atoms with Gasteiger partial charge in [-0.2, -0.15) is 0 Å². The summed E-state index contributed by atoms with van der Waals surface area (Å²) in [6, 6.07) is 16.0. The van der Waals surface area contributed by atoms with Gasteiger partial charge in [0, 0.05) is 0 Å². The van der Waals surface area contributed by atoms with Gasteiger partial charge in [0.1, 0.15) is 6.61 Å². The van der Waals surface area contributed by atoms with Gasteiger partial charge in [0.05, 0.1) is 29.1 Å². The highest BCUT2D eigenvalue weighted by Gasteiger charge is 2.64. The number of esters is 2. The zero-order valence-electron chi connectivity index (χ0n) is 14.0. The molecule has 0 saturated carbocycles. The lowest BCUT2D eigenvalue weighted by atomic mass is 9.48. The molecule has 124 valence electrons. The lowest BCUT2D eigenvalue weighted by Gasteiger charge is -2.51. The first-order valence-electron chi connectivity index (χ1n) is 8.27. The molecule has 4 nitrogen and oxygen atoms in total. The van der Waals surface area contributed by atoms with Crippen LogP contribution in [0.5, 0.6) is 0 Å². The highest BCUT2D eigenvalue weighted by atomic mass is 16.5. The van der Waals surface area contributed by atoms with Gasteiger partial charge in [-0.3, -0.25) is 0 Å². The van der Waals surface area contributed by atoms with E-state index in [-0.39, 0.29) is 6.61 Å². The molecule has 0 aromatic heterocycles. The molecule has 1 saturated heterocycles. The van der Waals surface area contributed by atoms with E-state index in [9.17, 15) is 9.59 Å². The molecule has 0 radical (unpaired) electrons. The smallest absolute Gasteiger partial charge is 0.336 e. The number of hydrogen-bond acceptors (Lipinski definition) is 4. The number of ether oxygens (including phenoxy) is 2. The van der Waals surface area contributed by atoms with Crippen LogP contribution in [0.15, 0.2) is 59.7 Å². The Labute approximate surface area is 145 Å². The molecular formula is C21H16O4. The van der Waals surface area contributed by atoms with Crippen molar-refractivity contribution in [2.24, 2.45) is 0 Å². The van der Waals surface area contributed by atoms with Crippen LogP contribution < -0.4 is 0 Å². The molecule has 1 aliphatic heterocycles. The molecule has 2 bridgehead atoms. The molecule has 4 aliphatic rings. The van der Waals surface area contributed by atoms with E-state index < -0.39 is 22.8 Å². The Kier molecular flexibility index (Phi) is 2.54. The molecule has 2 aromatic rings. The molecule has 0 unspecified atom stereocenters. The molecule has 25 heavy (non-hydrogen) atoms. The van der Waals surface area contributed by atoms with Crippen LogP contribution in [0, 0.1) is 0 Å². The second-order valence-corrected chi connectivity index (χ2v) is 6.94. The van der Waals surface area contributed by atoms with Crippen molar-refractivity contribution in [1.82, 2.24) is 0 Å². The minimum atomic E-state index is -0.735. The summed E-state index contributed by atoms with van der Waals surface area (Å²) in [6.07, 6.45) is 0. The van der Waals surface area contributed by atoms with Gasteiger partial charge >= 0.3 is 11.9 Å². The lowest BCUT2D eigenvalue weighted by molar-refractivity contribution is -0.139. The highest BCUT2D eigenvalue weighted by molar-refractivity contribution is 6.09. The van der Waals surface area contributed by atoms with Crippen LogP contribution in [0.2, 0.25) is 0 Å². The van der Waals surface area contributed by atoms with Gasteiger partial charge in [0.15, 0.2) is 0 Å². The van der Waals surface area contributed by atoms with E-state index in [0.29, 0.717) is 11.1 Å². The van der Waals surface area contributed by atoms with Gasteiger partial charge in [-0.05, 0) is 29.2 Å². The number of carbonyl (C=O) groups excluding carboxylic acids is 2. The van der Waals surface area contributed by atoms with Crippen LogP contribution in [0.25, 0.3) is 0 Å². The third-order valence-corrected chi connectivity index (χ3v) is 6.04. The molecule has 1 heterocycles. The van der Waals surface area contributed by atoms with Crippen molar-refractivity contribution < 1.29 is 19.1 Å². The maximum Gasteiger partial charge on any atom is 0.336 e. The minimum Gasteiger partial charge on any atom is -0.466 e. The van der Waals surface area contributed by atoms with Gasteiger partial charge in [-0.15, -0.1) is 0 Å². The summed E-state index contributed by atoms with van der Waals surface area (Å²) >= 11 is 0. The maximum atomic E-state index is 12.8. The van der Waals surface area contributed by atoms with Crippen molar-refractivity contribution in [1.29, 1.82) is 0 Å². The van der Waals surface area contributed by atoms with Gasteiger partial charge < -0.3 is 9.47 Å². The predicted octanol–water partition coefficient (Wildman–Crippen LogP) is 2.63. The van der Waals surface area contributed by atoms with E-state index in [1.165, 1.54) is 7.11 Å². The second-order valence-electron chi connectivity index (χ2n) is 6.94. The molecule has 0 amide bonds. The number of carbonyl (C=O) groups is 2. The third kappa shape index (κ3) is 1.37. The van der Waals surface area contributed by atoms with E-state index in [2.05, 4.69) is 0 Å². The molecule has 1 fully saturated rings. The van der Waals surface area contributed by atoms with Crippen molar-refractivity contribution in [2.75, 3.05) is 13.7 Å². The number of methoxy groups -OCH3 is 1. The summed E-state index contributed by atoms with van der Waals surface area (Å²) in [5, 5.41) is 0. The predicted molar refractivity (Wildman–Crippen MR) is 90.1 cm³/mol. The van der Waals surface area contributed by atoms with Crippen molar-refractivity contribution in [3.05, 3.63) is 81.9 Å². The molecule has 3 aliphatic carbocycles. The van der Waals surface area contributed by atoms with Crippen LogP contribution >= 0.6 is 0 Å². The van der Waals surface area contributed by atoms with Gasteiger partial charge in [0.2, 0.25) is 0 Å². The Hall–Kier alpha value is -2.88. The summed E-state index contributed by atoms with van der Waals surface area (Å²) in [4.78, 5) is 25.5. The Bertz CT molecular complexity index is 951. The first kappa shape index (κ1) is 14.5. The number of rotatable bonds is 1. The average molecular weight is 332 g/mol. The summed E-state index contributed by atoms with van der Waals surface area (Å²) in [6.45, 7) is 2.21. The van der Waals surface area contributed by atoms with Crippen LogP contribution in [0.1, 0.15) is 29.2 Å². The molecule has 0 N–H and O–H groups in total. The monoisotopic (exact) mass is 332 g/mol. The minimum absolute atomic E-state index is 0.214. The normalized spacial score (nSPS) is 28.2. The van der Waals surface area contributed by atoms with Crippen LogP contribution in [0.3, 0.4) is 0 Å². The molecular weight excluding hydrogens is 316 g/mol.